The zero-order chi connectivity index (χ0) is 18.8. The van der Waals surface area contributed by atoms with E-state index in [4.69, 9.17) is 11.6 Å². The van der Waals surface area contributed by atoms with Crippen molar-refractivity contribution in [3.8, 4) is 0 Å². The third-order valence-electron chi connectivity index (χ3n) is 5.00. The summed E-state index contributed by atoms with van der Waals surface area (Å²) in [7, 11) is 0. The van der Waals surface area contributed by atoms with Crippen molar-refractivity contribution in [3.63, 3.8) is 0 Å². The molecule has 0 bridgehead atoms. The number of benzene rings is 2. The summed E-state index contributed by atoms with van der Waals surface area (Å²) >= 11 is 6.08. The van der Waals surface area contributed by atoms with E-state index in [2.05, 4.69) is 10.2 Å². The van der Waals surface area contributed by atoms with Crippen LogP contribution in [-0.4, -0.2) is 56.1 Å². The van der Waals surface area contributed by atoms with Gasteiger partial charge in [0.25, 0.3) is 5.91 Å². The lowest BCUT2D eigenvalue weighted by Crippen LogP contribution is -2.48. The van der Waals surface area contributed by atoms with Crippen LogP contribution in [0.4, 0.5) is 16.2 Å². The number of carbonyl (C=O) groups excluding carboxylic acids is 2. The molecule has 2 aliphatic heterocycles. The number of rotatable bonds is 3. The predicted octanol–water partition coefficient (Wildman–Crippen LogP) is 2.83. The first-order chi connectivity index (χ1) is 13.1. The highest BCUT2D eigenvalue weighted by Gasteiger charge is 2.25. The van der Waals surface area contributed by atoms with Crippen molar-refractivity contribution < 1.29 is 9.59 Å². The zero-order valence-corrected chi connectivity index (χ0v) is 15.7. The van der Waals surface area contributed by atoms with Crippen molar-refractivity contribution in [1.29, 1.82) is 0 Å². The first kappa shape index (κ1) is 17.7. The highest BCUT2D eigenvalue weighted by Crippen LogP contribution is 2.23. The Morgan fingerprint density at radius 3 is 2.37 bits per heavy atom. The maximum absolute atomic E-state index is 12.9. The summed E-state index contributed by atoms with van der Waals surface area (Å²) in [5, 5.41) is 3.50. The van der Waals surface area contributed by atoms with Crippen LogP contribution in [0.25, 0.3) is 0 Å². The SMILES string of the molecule is O=C(c1cccc(N2CCNC2=O)c1)N1CCN(c2cccc(Cl)c2)CC1. The van der Waals surface area contributed by atoms with Crippen LogP contribution in [0, 0.1) is 0 Å². The highest BCUT2D eigenvalue weighted by atomic mass is 35.5. The third kappa shape index (κ3) is 3.71. The molecule has 0 atom stereocenters. The van der Waals surface area contributed by atoms with Crippen molar-refractivity contribution in [2.45, 2.75) is 0 Å². The lowest BCUT2D eigenvalue weighted by Gasteiger charge is -2.36. The summed E-state index contributed by atoms with van der Waals surface area (Å²) in [5.41, 5.74) is 2.45. The fourth-order valence-electron chi connectivity index (χ4n) is 3.55. The Labute approximate surface area is 163 Å². The van der Waals surface area contributed by atoms with Gasteiger partial charge in [-0.2, -0.15) is 0 Å². The Bertz CT molecular complexity index is 865. The van der Waals surface area contributed by atoms with Crippen molar-refractivity contribution in [3.05, 3.63) is 59.1 Å². The van der Waals surface area contributed by atoms with Gasteiger partial charge in [-0.1, -0.05) is 23.7 Å². The Morgan fingerprint density at radius 2 is 1.67 bits per heavy atom. The molecule has 0 unspecified atom stereocenters. The van der Waals surface area contributed by atoms with E-state index in [-0.39, 0.29) is 11.9 Å². The second-order valence-corrected chi connectivity index (χ2v) is 7.13. The van der Waals surface area contributed by atoms with Gasteiger partial charge in [0.1, 0.15) is 0 Å². The molecule has 2 aromatic carbocycles. The monoisotopic (exact) mass is 384 g/mol. The van der Waals surface area contributed by atoms with E-state index in [1.54, 1.807) is 11.0 Å². The molecule has 0 saturated carbocycles. The first-order valence-electron chi connectivity index (χ1n) is 9.07. The van der Waals surface area contributed by atoms with E-state index in [9.17, 15) is 9.59 Å². The maximum atomic E-state index is 12.9. The van der Waals surface area contributed by atoms with Gasteiger partial charge >= 0.3 is 6.03 Å². The number of nitrogens with one attached hydrogen (secondary N) is 1. The number of anilines is 2. The molecule has 4 rings (SSSR count). The fraction of sp³-hybridized carbons (Fsp3) is 0.300. The normalized spacial score (nSPS) is 17.2. The van der Waals surface area contributed by atoms with Crippen molar-refractivity contribution in [1.82, 2.24) is 10.2 Å². The number of hydrogen-bond acceptors (Lipinski definition) is 3. The zero-order valence-electron chi connectivity index (χ0n) is 14.9. The Hall–Kier alpha value is -2.73. The number of urea groups is 1. The average molecular weight is 385 g/mol. The summed E-state index contributed by atoms with van der Waals surface area (Å²) in [5.74, 6) is 0.00204. The Balaban J connectivity index is 1.43. The molecular formula is C20H21ClN4O2. The lowest BCUT2D eigenvalue weighted by molar-refractivity contribution is 0.0747. The quantitative estimate of drug-likeness (QED) is 0.885. The molecule has 2 aromatic rings. The molecular weight excluding hydrogens is 364 g/mol. The average Bonchev–Trinajstić information content (AvgIpc) is 3.13. The predicted molar refractivity (Wildman–Crippen MR) is 107 cm³/mol. The number of nitrogens with zero attached hydrogens (tertiary/aromatic N) is 3. The van der Waals surface area contributed by atoms with Gasteiger partial charge in [0.05, 0.1) is 0 Å². The smallest absolute Gasteiger partial charge is 0.321 e. The summed E-state index contributed by atoms with van der Waals surface area (Å²) in [6, 6.07) is 15.0. The molecule has 6 nitrogen and oxygen atoms in total. The van der Waals surface area contributed by atoms with Crippen LogP contribution >= 0.6 is 11.6 Å². The molecule has 1 N–H and O–H groups in total. The minimum Gasteiger partial charge on any atom is -0.368 e. The summed E-state index contributed by atoms with van der Waals surface area (Å²) < 4.78 is 0. The Morgan fingerprint density at radius 1 is 0.926 bits per heavy atom. The van der Waals surface area contributed by atoms with E-state index in [0.717, 1.165) is 24.5 Å². The van der Waals surface area contributed by atoms with E-state index in [0.29, 0.717) is 36.8 Å². The molecule has 2 heterocycles. The topological polar surface area (TPSA) is 55.9 Å². The standard InChI is InChI=1S/C20H21ClN4O2/c21-16-4-2-5-17(14-16)23-9-11-24(12-10-23)19(26)15-3-1-6-18(13-15)25-8-7-22-20(25)27/h1-6,13-14H,7-12H2,(H,22,27). The largest absolute Gasteiger partial charge is 0.368 e. The van der Waals surface area contributed by atoms with Gasteiger partial charge in [0.2, 0.25) is 0 Å². The van der Waals surface area contributed by atoms with Gasteiger partial charge in [-0.05, 0) is 36.4 Å². The fourth-order valence-corrected chi connectivity index (χ4v) is 3.73. The van der Waals surface area contributed by atoms with E-state index in [1.165, 1.54) is 0 Å². The summed E-state index contributed by atoms with van der Waals surface area (Å²) in [6.45, 7) is 4.08. The number of hydrogen-bond donors (Lipinski definition) is 1. The minimum absolute atomic E-state index is 0.00204. The molecule has 2 fully saturated rings. The maximum Gasteiger partial charge on any atom is 0.321 e. The lowest BCUT2D eigenvalue weighted by atomic mass is 10.1. The van der Waals surface area contributed by atoms with Gasteiger partial charge in [0.15, 0.2) is 0 Å². The van der Waals surface area contributed by atoms with Crippen LogP contribution in [0.2, 0.25) is 5.02 Å². The van der Waals surface area contributed by atoms with Gasteiger partial charge in [-0.25, -0.2) is 4.79 Å². The third-order valence-corrected chi connectivity index (χ3v) is 5.24. The molecule has 0 spiro atoms. The van der Waals surface area contributed by atoms with Crippen LogP contribution in [0.5, 0.6) is 0 Å². The van der Waals surface area contributed by atoms with Gasteiger partial charge in [0, 0.05) is 61.2 Å². The van der Waals surface area contributed by atoms with Crippen LogP contribution in [0.1, 0.15) is 10.4 Å². The van der Waals surface area contributed by atoms with Gasteiger partial charge in [-0.3, -0.25) is 9.69 Å². The number of halogens is 1. The van der Waals surface area contributed by atoms with Crippen molar-refractivity contribution in [2.75, 3.05) is 49.1 Å². The summed E-state index contributed by atoms with van der Waals surface area (Å²) in [6.07, 6.45) is 0. The van der Waals surface area contributed by atoms with E-state index >= 15 is 0 Å². The molecule has 3 amide bonds. The van der Waals surface area contributed by atoms with Gasteiger partial charge < -0.3 is 15.1 Å². The number of piperazine rings is 1. The summed E-state index contributed by atoms with van der Waals surface area (Å²) in [4.78, 5) is 30.5. The Kier molecular flexibility index (Phi) is 4.90. The molecule has 140 valence electrons. The van der Waals surface area contributed by atoms with Crippen molar-refractivity contribution in [2.24, 2.45) is 0 Å². The molecule has 0 aromatic heterocycles. The minimum atomic E-state index is -0.116. The molecule has 27 heavy (non-hydrogen) atoms. The van der Waals surface area contributed by atoms with E-state index in [1.807, 2.05) is 47.4 Å². The van der Waals surface area contributed by atoms with Crippen molar-refractivity contribution >= 4 is 34.9 Å². The molecule has 0 radical (unpaired) electrons. The molecule has 7 heteroatoms. The number of carbonyl (C=O) groups is 2. The second kappa shape index (κ2) is 7.48. The van der Waals surface area contributed by atoms with Crippen LogP contribution in [0.3, 0.4) is 0 Å². The first-order valence-corrected chi connectivity index (χ1v) is 9.45. The highest BCUT2D eigenvalue weighted by molar-refractivity contribution is 6.30. The van der Waals surface area contributed by atoms with E-state index < -0.39 is 0 Å². The van der Waals surface area contributed by atoms with Crippen LogP contribution in [0.15, 0.2) is 48.5 Å². The number of amides is 3. The second-order valence-electron chi connectivity index (χ2n) is 6.69. The molecule has 2 saturated heterocycles. The molecule has 2 aliphatic rings. The van der Waals surface area contributed by atoms with Crippen LogP contribution in [-0.2, 0) is 0 Å². The van der Waals surface area contributed by atoms with Gasteiger partial charge in [-0.15, -0.1) is 0 Å². The van der Waals surface area contributed by atoms with Crippen LogP contribution < -0.4 is 15.1 Å². The molecule has 0 aliphatic carbocycles.